The number of unbranched alkanes of at least 4 members (excludes halogenated alkanes) is 1. The molecule has 2 rings (SSSR count). The third-order valence-electron chi connectivity index (χ3n) is 3.51. The van der Waals surface area contributed by atoms with Crippen molar-refractivity contribution in [3.63, 3.8) is 0 Å². The molecule has 0 spiro atoms. The first-order chi connectivity index (χ1) is 12.5. The highest BCUT2D eigenvalue weighted by molar-refractivity contribution is 8.18. The molecule has 0 bridgehead atoms. The van der Waals surface area contributed by atoms with E-state index in [9.17, 15) is 14.4 Å². The molecule has 0 atom stereocenters. The lowest BCUT2D eigenvalue weighted by Gasteiger charge is -2.10. The first kappa shape index (κ1) is 20.3. The number of rotatable bonds is 8. The van der Waals surface area contributed by atoms with Crippen molar-refractivity contribution >= 4 is 46.6 Å². The van der Waals surface area contributed by atoms with Crippen LogP contribution in [-0.2, 0) is 14.3 Å². The summed E-state index contributed by atoms with van der Waals surface area (Å²) >= 11 is 7.08. The van der Waals surface area contributed by atoms with Crippen molar-refractivity contribution < 1.29 is 23.9 Å². The molecule has 1 heterocycles. The van der Waals surface area contributed by atoms with E-state index in [4.69, 9.17) is 21.1 Å². The monoisotopic (exact) mass is 397 g/mol. The topological polar surface area (TPSA) is 72.9 Å². The van der Waals surface area contributed by atoms with Gasteiger partial charge in [0, 0.05) is 6.54 Å². The van der Waals surface area contributed by atoms with Gasteiger partial charge >= 0.3 is 5.97 Å². The van der Waals surface area contributed by atoms with E-state index in [0.29, 0.717) is 27.8 Å². The van der Waals surface area contributed by atoms with Gasteiger partial charge in [-0.2, -0.15) is 0 Å². The number of carbonyl (C=O) groups is 3. The first-order valence-corrected chi connectivity index (χ1v) is 9.49. The number of halogens is 1. The van der Waals surface area contributed by atoms with E-state index in [1.54, 1.807) is 31.2 Å². The molecule has 0 N–H and O–H groups in total. The SMILES string of the molecule is CCCCN1C(=O)S/C(=C\c2ccc(OCC(=O)OCC)c(Cl)c2)C1=O. The normalized spacial score (nSPS) is 15.7. The number of ether oxygens (including phenoxy) is 2. The number of imide groups is 1. The molecule has 1 fully saturated rings. The Balaban J connectivity index is 2.07. The summed E-state index contributed by atoms with van der Waals surface area (Å²) in [5.74, 6) is -0.423. The number of hydrogen-bond donors (Lipinski definition) is 0. The molecule has 0 aromatic heterocycles. The van der Waals surface area contributed by atoms with Crippen LogP contribution in [0.1, 0.15) is 32.3 Å². The van der Waals surface area contributed by atoms with E-state index in [2.05, 4.69) is 0 Å². The average Bonchev–Trinajstić information content (AvgIpc) is 2.86. The minimum absolute atomic E-state index is 0.233. The Hall–Kier alpha value is -1.99. The maximum absolute atomic E-state index is 12.3. The Kier molecular flexibility index (Phi) is 7.53. The minimum atomic E-state index is -0.478. The molecule has 1 aliphatic heterocycles. The van der Waals surface area contributed by atoms with Crippen molar-refractivity contribution in [2.75, 3.05) is 19.8 Å². The molecule has 0 saturated carbocycles. The molecule has 1 aliphatic rings. The maximum atomic E-state index is 12.3. The second-order valence-electron chi connectivity index (χ2n) is 5.47. The van der Waals surface area contributed by atoms with Crippen molar-refractivity contribution in [2.24, 2.45) is 0 Å². The fraction of sp³-hybridized carbons (Fsp3) is 0.389. The number of amides is 2. The predicted molar refractivity (Wildman–Crippen MR) is 101 cm³/mol. The van der Waals surface area contributed by atoms with Crippen LogP contribution in [0.4, 0.5) is 4.79 Å². The summed E-state index contributed by atoms with van der Waals surface area (Å²) in [5.41, 5.74) is 0.666. The molecule has 8 heteroatoms. The number of carbonyl (C=O) groups excluding carboxylic acids is 3. The van der Waals surface area contributed by atoms with E-state index in [0.717, 1.165) is 24.6 Å². The smallest absolute Gasteiger partial charge is 0.344 e. The number of thioether (sulfide) groups is 1. The molecule has 26 heavy (non-hydrogen) atoms. The van der Waals surface area contributed by atoms with Crippen molar-refractivity contribution in [3.8, 4) is 5.75 Å². The van der Waals surface area contributed by atoms with Crippen LogP contribution >= 0.6 is 23.4 Å². The first-order valence-electron chi connectivity index (χ1n) is 8.29. The van der Waals surface area contributed by atoms with Crippen LogP contribution in [0.3, 0.4) is 0 Å². The van der Waals surface area contributed by atoms with Crippen LogP contribution in [0.15, 0.2) is 23.1 Å². The zero-order valence-electron chi connectivity index (χ0n) is 14.6. The third kappa shape index (κ3) is 5.25. The highest BCUT2D eigenvalue weighted by Crippen LogP contribution is 2.33. The van der Waals surface area contributed by atoms with E-state index in [1.165, 1.54) is 4.90 Å². The highest BCUT2D eigenvalue weighted by Gasteiger charge is 2.34. The van der Waals surface area contributed by atoms with Gasteiger partial charge in [0.2, 0.25) is 0 Å². The lowest BCUT2D eigenvalue weighted by atomic mass is 10.2. The van der Waals surface area contributed by atoms with Gasteiger partial charge in [-0.15, -0.1) is 0 Å². The summed E-state index contributed by atoms with van der Waals surface area (Å²) < 4.78 is 10.1. The molecule has 6 nitrogen and oxygen atoms in total. The van der Waals surface area contributed by atoms with Crippen molar-refractivity contribution in [2.45, 2.75) is 26.7 Å². The van der Waals surface area contributed by atoms with E-state index in [1.807, 2.05) is 6.92 Å². The van der Waals surface area contributed by atoms with Crippen LogP contribution in [0.25, 0.3) is 6.08 Å². The standard InChI is InChI=1S/C18H20ClNO5S/c1-3-5-8-20-17(22)15(26-18(20)23)10-12-6-7-14(13(19)9-12)25-11-16(21)24-4-2/h6-7,9-10H,3-5,8,11H2,1-2H3/b15-10-. The maximum Gasteiger partial charge on any atom is 0.344 e. The molecule has 1 saturated heterocycles. The largest absolute Gasteiger partial charge is 0.480 e. The Morgan fingerprint density at radius 1 is 1.31 bits per heavy atom. The van der Waals surface area contributed by atoms with E-state index < -0.39 is 5.97 Å². The second kappa shape index (κ2) is 9.64. The molecule has 1 aromatic carbocycles. The molecule has 140 valence electrons. The van der Waals surface area contributed by atoms with Gasteiger partial charge in [0.15, 0.2) is 6.61 Å². The molecule has 0 radical (unpaired) electrons. The van der Waals surface area contributed by atoms with Gasteiger partial charge < -0.3 is 9.47 Å². The predicted octanol–water partition coefficient (Wildman–Crippen LogP) is 4.12. The zero-order valence-corrected chi connectivity index (χ0v) is 16.2. The molecule has 0 unspecified atom stereocenters. The Labute approximate surface area is 161 Å². The Bertz CT molecular complexity index is 734. The number of esters is 1. The van der Waals surface area contributed by atoms with Crippen LogP contribution in [-0.4, -0.2) is 41.8 Å². The van der Waals surface area contributed by atoms with Gasteiger partial charge in [-0.25, -0.2) is 4.79 Å². The summed E-state index contributed by atoms with van der Waals surface area (Å²) in [6.45, 7) is 4.19. The zero-order chi connectivity index (χ0) is 19.1. The number of hydrogen-bond acceptors (Lipinski definition) is 6. The molecule has 1 aromatic rings. The van der Waals surface area contributed by atoms with Crippen LogP contribution in [0.5, 0.6) is 5.75 Å². The van der Waals surface area contributed by atoms with E-state index >= 15 is 0 Å². The summed E-state index contributed by atoms with van der Waals surface area (Å²) in [6.07, 6.45) is 3.31. The van der Waals surface area contributed by atoms with Gasteiger partial charge in [-0.1, -0.05) is 31.0 Å². The quantitative estimate of drug-likeness (QED) is 0.485. The Morgan fingerprint density at radius 3 is 2.73 bits per heavy atom. The van der Waals surface area contributed by atoms with Crippen LogP contribution in [0, 0.1) is 0 Å². The van der Waals surface area contributed by atoms with Gasteiger partial charge in [0.25, 0.3) is 11.1 Å². The van der Waals surface area contributed by atoms with Gasteiger partial charge in [-0.05, 0) is 48.9 Å². The summed E-state index contributed by atoms with van der Waals surface area (Å²) in [6, 6.07) is 4.92. The fourth-order valence-electron chi connectivity index (χ4n) is 2.22. The molecule has 2 amide bonds. The third-order valence-corrected chi connectivity index (χ3v) is 4.72. The fourth-order valence-corrected chi connectivity index (χ4v) is 3.33. The lowest BCUT2D eigenvalue weighted by Crippen LogP contribution is -2.29. The molecule has 0 aliphatic carbocycles. The highest BCUT2D eigenvalue weighted by atomic mass is 35.5. The van der Waals surface area contributed by atoms with E-state index in [-0.39, 0.29) is 24.4 Å². The molecular weight excluding hydrogens is 378 g/mol. The van der Waals surface area contributed by atoms with Crippen LogP contribution < -0.4 is 4.74 Å². The second-order valence-corrected chi connectivity index (χ2v) is 6.87. The van der Waals surface area contributed by atoms with Crippen molar-refractivity contribution in [1.29, 1.82) is 0 Å². The minimum Gasteiger partial charge on any atom is -0.480 e. The van der Waals surface area contributed by atoms with Gasteiger partial charge in [0.1, 0.15) is 5.75 Å². The lowest BCUT2D eigenvalue weighted by molar-refractivity contribution is -0.145. The number of nitrogens with zero attached hydrogens (tertiary/aromatic N) is 1. The molecular formula is C18H20ClNO5S. The Morgan fingerprint density at radius 2 is 2.08 bits per heavy atom. The average molecular weight is 398 g/mol. The summed E-state index contributed by atoms with van der Waals surface area (Å²) in [4.78, 5) is 37.2. The van der Waals surface area contributed by atoms with Crippen LogP contribution in [0.2, 0.25) is 5.02 Å². The van der Waals surface area contributed by atoms with Crippen molar-refractivity contribution in [3.05, 3.63) is 33.7 Å². The van der Waals surface area contributed by atoms with Gasteiger partial charge in [0.05, 0.1) is 16.5 Å². The van der Waals surface area contributed by atoms with Crippen molar-refractivity contribution in [1.82, 2.24) is 4.90 Å². The summed E-state index contributed by atoms with van der Waals surface area (Å²) in [7, 11) is 0. The number of benzene rings is 1. The summed E-state index contributed by atoms with van der Waals surface area (Å²) in [5, 5.41) is 0.0449. The van der Waals surface area contributed by atoms with Gasteiger partial charge in [-0.3, -0.25) is 14.5 Å².